The molecule has 0 aliphatic carbocycles. The van der Waals surface area contributed by atoms with Gasteiger partial charge in [0.05, 0.1) is 22.9 Å². The molecule has 3 heterocycles. The summed E-state index contributed by atoms with van der Waals surface area (Å²) >= 11 is 12.7. The van der Waals surface area contributed by atoms with Crippen LogP contribution in [0.1, 0.15) is 5.56 Å². The predicted molar refractivity (Wildman–Crippen MR) is 139 cm³/mol. The minimum absolute atomic E-state index is 0.318. The van der Waals surface area contributed by atoms with Crippen LogP contribution in [0, 0.1) is 0 Å². The van der Waals surface area contributed by atoms with E-state index in [1.165, 1.54) is 0 Å². The van der Waals surface area contributed by atoms with E-state index < -0.39 is 0 Å². The molecule has 5 aromatic rings. The molecule has 0 unspecified atom stereocenters. The molecule has 0 radical (unpaired) electrons. The number of hydrogen-bond acceptors (Lipinski definition) is 7. The number of anilines is 1. The molecule has 0 saturated carbocycles. The van der Waals surface area contributed by atoms with Crippen LogP contribution in [0.4, 0.5) is 5.95 Å². The number of pyridine rings is 1. The maximum atomic E-state index is 6.42. The lowest BCUT2D eigenvalue weighted by Crippen LogP contribution is -2.15. The summed E-state index contributed by atoms with van der Waals surface area (Å²) in [5.41, 5.74) is 6.73. The summed E-state index contributed by atoms with van der Waals surface area (Å²) in [7, 11) is 0. The first-order valence-electron chi connectivity index (χ1n) is 10.9. The van der Waals surface area contributed by atoms with Crippen molar-refractivity contribution < 1.29 is 9.47 Å². The van der Waals surface area contributed by atoms with Crippen LogP contribution in [0.2, 0.25) is 10.2 Å². The van der Waals surface area contributed by atoms with Crippen LogP contribution in [0.15, 0.2) is 71.8 Å². The third kappa shape index (κ3) is 4.32. The first kappa shape index (κ1) is 21.6. The molecule has 0 saturated heterocycles. The van der Waals surface area contributed by atoms with Crippen molar-refractivity contribution in [2.75, 3.05) is 18.6 Å². The Labute approximate surface area is 210 Å². The molecule has 0 fully saturated rings. The van der Waals surface area contributed by atoms with Gasteiger partial charge in [-0.25, -0.2) is 20.4 Å². The molecule has 9 heteroatoms. The van der Waals surface area contributed by atoms with Gasteiger partial charge in [0, 0.05) is 33.0 Å². The van der Waals surface area contributed by atoms with Gasteiger partial charge in [0.2, 0.25) is 5.95 Å². The number of hydrazone groups is 1. The van der Waals surface area contributed by atoms with Crippen molar-refractivity contribution >= 4 is 57.2 Å². The second-order valence-corrected chi connectivity index (χ2v) is 8.64. The number of halogens is 2. The quantitative estimate of drug-likeness (QED) is 0.175. The van der Waals surface area contributed by atoms with Gasteiger partial charge in [-0.3, -0.25) is 0 Å². The molecular weight excluding hydrogens is 485 g/mol. The zero-order chi connectivity index (χ0) is 23.8. The van der Waals surface area contributed by atoms with Gasteiger partial charge < -0.3 is 9.47 Å². The molecule has 35 heavy (non-hydrogen) atoms. The van der Waals surface area contributed by atoms with Crippen molar-refractivity contribution in [3.63, 3.8) is 0 Å². The van der Waals surface area contributed by atoms with Crippen molar-refractivity contribution in [3.05, 3.63) is 82.5 Å². The average Bonchev–Trinajstić information content (AvgIpc) is 2.88. The number of ether oxygens (including phenoxy) is 2. The summed E-state index contributed by atoms with van der Waals surface area (Å²) in [6, 6.07) is 21.0. The number of fused-ring (bicyclic) bond motifs is 3. The number of nitrogens with zero attached hydrogens (tertiary/aromatic N) is 4. The molecule has 1 aliphatic heterocycles. The lowest BCUT2D eigenvalue weighted by atomic mass is 10.1. The molecule has 1 N–H and O–H groups in total. The highest BCUT2D eigenvalue weighted by atomic mass is 35.5. The molecular formula is C26H17Cl2N5O2. The van der Waals surface area contributed by atoms with Gasteiger partial charge in [0.1, 0.15) is 18.4 Å². The van der Waals surface area contributed by atoms with E-state index in [0.717, 1.165) is 27.5 Å². The Balaban J connectivity index is 1.33. The third-order valence-corrected chi connectivity index (χ3v) is 6.07. The number of nitrogens with one attached hydrogen (secondary N) is 1. The van der Waals surface area contributed by atoms with E-state index in [9.17, 15) is 0 Å². The van der Waals surface area contributed by atoms with E-state index in [1.54, 1.807) is 12.3 Å². The molecule has 0 bridgehead atoms. The van der Waals surface area contributed by atoms with Gasteiger partial charge in [0.15, 0.2) is 11.5 Å². The molecule has 3 aromatic carbocycles. The van der Waals surface area contributed by atoms with Gasteiger partial charge in [-0.2, -0.15) is 5.10 Å². The molecule has 7 nitrogen and oxygen atoms in total. The van der Waals surface area contributed by atoms with E-state index in [4.69, 9.17) is 37.7 Å². The van der Waals surface area contributed by atoms with Crippen molar-refractivity contribution in [2.45, 2.75) is 0 Å². The van der Waals surface area contributed by atoms with Gasteiger partial charge in [-0.15, -0.1) is 0 Å². The number of aromatic nitrogens is 3. The fourth-order valence-electron chi connectivity index (χ4n) is 3.92. The van der Waals surface area contributed by atoms with Gasteiger partial charge in [-0.05, 0) is 30.3 Å². The molecule has 0 amide bonds. The molecule has 6 rings (SSSR count). The second kappa shape index (κ2) is 9.02. The van der Waals surface area contributed by atoms with Crippen molar-refractivity contribution in [1.29, 1.82) is 0 Å². The second-order valence-electron chi connectivity index (χ2n) is 7.85. The highest BCUT2D eigenvalue weighted by molar-refractivity contribution is 6.32. The Morgan fingerprint density at radius 2 is 1.63 bits per heavy atom. The number of benzene rings is 3. The smallest absolute Gasteiger partial charge is 0.244 e. The van der Waals surface area contributed by atoms with Crippen LogP contribution < -0.4 is 14.9 Å². The van der Waals surface area contributed by atoms with E-state index in [2.05, 4.69) is 20.5 Å². The third-order valence-electron chi connectivity index (χ3n) is 5.53. The minimum atomic E-state index is 0.318. The van der Waals surface area contributed by atoms with Gasteiger partial charge >= 0.3 is 0 Å². The topological polar surface area (TPSA) is 81.5 Å². The standard InChI is InChI=1S/C26H17Cl2N5O2/c27-18-6-7-20-19(12-18)24(15-4-2-1-3-5-15)32-26(31-20)33-29-14-17-10-16-11-22-23(35-9-8-34-22)13-21(16)30-25(17)28/h1-7,10-14H,8-9H2,(H,31,32,33)/b29-14-. The monoisotopic (exact) mass is 501 g/mol. The van der Waals surface area contributed by atoms with Crippen molar-refractivity contribution in [1.82, 2.24) is 15.0 Å². The number of rotatable bonds is 4. The van der Waals surface area contributed by atoms with E-state index in [0.29, 0.717) is 51.9 Å². The highest BCUT2D eigenvalue weighted by Gasteiger charge is 2.15. The SMILES string of the molecule is Clc1ccc2nc(N/N=C\c3cc4cc5c(cc4nc3Cl)OCCO5)nc(-c3ccccc3)c2c1. The van der Waals surface area contributed by atoms with Gasteiger partial charge in [0.25, 0.3) is 0 Å². The highest BCUT2D eigenvalue weighted by Crippen LogP contribution is 2.35. The Kier molecular flexibility index (Phi) is 5.56. The summed E-state index contributed by atoms with van der Waals surface area (Å²) in [6.45, 7) is 1.03. The van der Waals surface area contributed by atoms with Crippen LogP contribution in [-0.2, 0) is 0 Å². The lowest BCUT2D eigenvalue weighted by molar-refractivity contribution is 0.172. The molecule has 0 spiro atoms. The van der Waals surface area contributed by atoms with Crippen LogP contribution >= 0.6 is 23.2 Å². The zero-order valence-electron chi connectivity index (χ0n) is 18.2. The van der Waals surface area contributed by atoms with E-state index in [1.807, 2.05) is 60.7 Å². The Morgan fingerprint density at radius 1 is 0.829 bits per heavy atom. The first-order chi connectivity index (χ1) is 17.1. The Bertz CT molecular complexity index is 1610. The van der Waals surface area contributed by atoms with Gasteiger partial charge in [-0.1, -0.05) is 53.5 Å². The largest absolute Gasteiger partial charge is 0.486 e. The summed E-state index contributed by atoms with van der Waals surface area (Å²) < 4.78 is 11.3. The molecule has 0 atom stereocenters. The van der Waals surface area contributed by atoms with Crippen molar-refractivity contribution in [2.24, 2.45) is 5.10 Å². The average molecular weight is 502 g/mol. The summed E-state index contributed by atoms with van der Waals surface area (Å²) in [5, 5.41) is 6.98. The number of hydrogen-bond donors (Lipinski definition) is 1. The van der Waals surface area contributed by atoms with Crippen LogP contribution in [0.3, 0.4) is 0 Å². The Hall–Kier alpha value is -3.94. The maximum Gasteiger partial charge on any atom is 0.244 e. The van der Waals surface area contributed by atoms with Crippen LogP contribution in [0.5, 0.6) is 11.5 Å². The predicted octanol–water partition coefficient (Wildman–Crippen LogP) is 6.37. The fraction of sp³-hybridized carbons (Fsp3) is 0.0769. The molecule has 1 aliphatic rings. The summed E-state index contributed by atoms with van der Waals surface area (Å²) in [4.78, 5) is 13.8. The van der Waals surface area contributed by atoms with E-state index >= 15 is 0 Å². The normalized spacial score (nSPS) is 13.0. The van der Waals surface area contributed by atoms with E-state index in [-0.39, 0.29) is 0 Å². The summed E-state index contributed by atoms with van der Waals surface area (Å²) in [6.07, 6.45) is 1.59. The Morgan fingerprint density at radius 3 is 2.46 bits per heavy atom. The fourth-order valence-corrected chi connectivity index (χ4v) is 4.29. The minimum Gasteiger partial charge on any atom is -0.486 e. The van der Waals surface area contributed by atoms with Crippen LogP contribution in [-0.4, -0.2) is 34.4 Å². The zero-order valence-corrected chi connectivity index (χ0v) is 19.7. The van der Waals surface area contributed by atoms with Crippen LogP contribution in [0.25, 0.3) is 33.1 Å². The summed E-state index contributed by atoms with van der Waals surface area (Å²) in [5.74, 6) is 1.70. The maximum absolute atomic E-state index is 6.42. The molecule has 172 valence electrons. The lowest BCUT2D eigenvalue weighted by Gasteiger charge is -2.18. The molecule has 2 aromatic heterocycles. The first-order valence-corrected chi connectivity index (χ1v) is 11.6. The van der Waals surface area contributed by atoms with Crippen molar-refractivity contribution in [3.8, 4) is 22.8 Å².